The van der Waals surface area contributed by atoms with E-state index >= 15 is 0 Å². The minimum atomic E-state index is -0.545. The van der Waals surface area contributed by atoms with Gasteiger partial charge < -0.3 is 0 Å². The van der Waals surface area contributed by atoms with Crippen LogP contribution in [0.4, 0.5) is 10.2 Å². The highest BCUT2D eigenvalue weighted by atomic mass is 79.9. The quantitative estimate of drug-likeness (QED) is 0.662. The molecule has 0 unspecified atom stereocenters. The molecule has 0 aliphatic heterocycles. The van der Waals surface area contributed by atoms with Crippen LogP contribution in [0.5, 0.6) is 0 Å². The molecule has 0 atom stereocenters. The van der Waals surface area contributed by atoms with Crippen molar-refractivity contribution in [2.75, 3.05) is 0 Å². The third kappa shape index (κ3) is 1.50. The van der Waals surface area contributed by atoms with Crippen LogP contribution < -0.4 is 5.48 Å². The number of hydrogen-bond donors (Lipinski definition) is 2. The predicted octanol–water partition coefficient (Wildman–Crippen LogP) is 0.567. The molecular formula is C5H5BrFN2O+. The minimum Gasteiger partial charge on any atom is -0.214 e. The first-order valence-electron chi connectivity index (χ1n) is 2.52. The van der Waals surface area contributed by atoms with Gasteiger partial charge in [-0.25, -0.2) is 5.21 Å². The molecule has 0 saturated heterocycles. The zero-order chi connectivity index (χ0) is 7.56. The van der Waals surface area contributed by atoms with Crippen LogP contribution in [-0.4, -0.2) is 10.2 Å². The molecule has 5 heteroatoms. The summed E-state index contributed by atoms with van der Waals surface area (Å²) in [4.78, 5) is 3.57. The average Bonchev–Trinajstić information content (AvgIpc) is 1.88. The van der Waals surface area contributed by atoms with Gasteiger partial charge in [0.2, 0.25) is 5.82 Å². The van der Waals surface area contributed by atoms with Gasteiger partial charge >= 0.3 is 0 Å². The molecule has 0 radical (unpaired) electrons. The van der Waals surface area contributed by atoms with E-state index < -0.39 is 5.82 Å². The molecule has 0 fully saturated rings. The van der Waals surface area contributed by atoms with E-state index in [1.807, 2.05) is 0 Å². The van der Waals surface area contributed by atoms with E-state index in [0.717, 1.165) is 0 Å². The van der Waals surface area contributed by atoms with Gasteiger partial charge in [0.05, 0.1) is 0 Å². The maximum absolute atomic E-state index is 12.6. The molecule has 1 aromatic rings. The van der Waals surface area contributed by atoms with Gasteiger partial charge in [-0.15, -0.1) is 0 Å². The number of halogens is 2. The fraction of sp³-hybridized carbons (Fsp3) is 0. The standard InChI is InChI=1S/C5H4BrFN2O/c6-3-1-4(7)5(9-10)8-2-3/h1-2,10H,(H,8,9)/p+1. The molecule has 0 saturated carbocycles. The minimum absolute atomic E-state index is 0.0526. The van der Waals surface area contributed by atoms with Gasteiger partial charge in [-0.05, 0) is 22.0 Å². The normalized spacial score (nSPS) is 9.90. The largest absolute Gasteiger partial charge is 0.293 e. The van der Waals surface area contributed by atoms with Crippen LogP contribution in [0.2, 0.25) is 0 Å². The van der Waals surface area contributed by atoms with Crippen molar-refractivity contribution in [3.63, 3.8) is 0 Å². The van der Waals surface area contributed by atoms with Gasteiger partial charge in [-0.1, -0.05) is 0 Å². The molecule has 0 amide bonds. The van der Waals surface area contributed by atoms with E-state index in [1.54, 1.807) is 0 Å². The first-order valence-corrected chi connectivity index (χ1v) is 3.32. The number of pyridine rings is 1. The lowest BCUT2D eigenvalue weighted by molar-refractivity contribution is -0.829. The molecule has 3 nitrogen and oxygen atoms in total. The predicted molar refractivity (Wildman–Crippen MR) is 35.3 cm³/mol. The van der Waals surface area contributed by atoms with Crippen LogP contribution in [0.3, 0.4) is 0 Å². The molecule has 0 bridgehead atoms. The Morgan fingerprint density at radius 2 is 2.40 bits per heavy atom. The van der Waals surface area contributed by atoms with E-state index in [-0.39, 0.29) is 5.82 Å². The molecule has 3 N–H and O–H groups in total. The van der Waals surface area contributed by atoms with Crippen LogP contribution in [-0.2, 0) is 0 Å². The molecule has 0 aliphatic carbocycles. The van der Waals surface area contributed by atoms with Gasteiger partial charge in [0, 0.05) is 10.7 Å². The second-order valence-corrected chi connectivity index (χ2v) is 2.57. The SMILES string of the molecule is O[NH2+]c1ncc(Br)cc1F. The Labute approximate surface area is 65.0 Å². The second-order valence-electron chi connectivity index (χ2n) is 1.65. The van der Waals surface area contributed by atoms with Gasteiger partial charge in [-0.3, -0.25) is 0 Å². The van der Waals surface area contributed by atoms with Gasteiger partial charge in [-0.2, -0.15) is 14.9 Å². The molecule has 1 rings (SSSR count). The van der Waals surface area contributed by atoms with Crippen molar-refractivity contribution in [3.8, 4) is 0 Å². The smallest absolute Gasteiger partial charge is 0.214 e. The summed E-state index contributed by atoms with van der Waals surface area (Å²) in [6.07, 6.45) is 1.41. The molecule has 54 valence electrons. The third-order valence-electron chi connectivity index (χ3n) is 0.959. The number of hydrogen-bond acceptors (Lipinski definition) is 2. The topological polar surface area (TPSA) is 49.7 Å². The summed E-state index contributed by atoms with van der Waals surface area (Å²) in [6.45, 7) is 0. The highest BCUT2D eigenvalue weighted by molar-refractivity contribution is 9.10. The second kappa shape index (κ2) is 3.05. The molecular weight excluding hydrogens is 203 g/mol. The Kier molecular flexibility index (Phi) is 2.31. The van der Waals surface area contributed by atoms with Crippen LogP contribution in [0.1, 0.15) is 0 Å². The molecule has 1 aromatic heterocycles. The van der Waals surface area contributed by atoms with E-state index in [2.05, 4.69) is 20.9 Å². The van der Waals surface area contributed by atoms with Crippen LogP contribution in [0.25, 0.3) is 0 Å². The van der Waals surface area contributed by atoms with Gasteiger partial charge in [0.15, 0.2) is 0 Å². The van der Waals surface area contributed by atoms with Gasteiger partial charge in [0.25, 0.3) is 5.82 Å². The number of rotatable bonds is 1. The molecule has 10 heavy (non-hydrogen) atoms. The maximum Gasteiger partial charge on any atom is 0.293 e. The summed E-state index contributed by atoms with van der Waals surface area (Å²) in [7, 11) is 0. The lowest BCUT2D eigenvalue weighted by atomic mass is 10.4. The lowest BCUT2D eigenvalue weighted by Crippen LogP contribution is -2.74. The zero-order valence-electron chi connectivity index (χ0n) is 4.88. The lowest BCUT2D eigenvalue weighted by Gasteiger charge is -1.92. The fourth-order valence-electron chi connectivity index (χ4n) is 0.520. The Morgan fingerprint density at radius 3 is 2.90 bits per heavy atom. The molecule has 0 spiro atoms. The van der Waals surface area contributed by atoms with Crippen molar-refractivity contribution in [1.82, 2.24) is 4.98 Å². The number of nitrogens with zero attached hydrogens (tertiary/aromatic N) is 1. The summed E-state index contributed by atoms with van der Waals surface area (Å²) in [5, 5.41) is 8.37. The van der Waals surface area contributed by atoms with Crippen LogP contribution in [0, 0.1) is 5.82 Å². The average molecular weight is 208 g/mol. The number of quaternary nitrogens is 1. The van der Waals surface area contributed by atoms with Crippen molar-refractivity contribution in [2.45, 2.75) is 0 Å². The van der Waals surface area contributed by atoms with E-state index in [0.29, 0.717) is 9.95 Å². The summed E-state index contributed by atoms with van der Waals surface area (Å²) < 4.78 is 13.1. The summed E-state index contributed by atoms with van der Waals surface area (Å²) in [5.74, 6) is -0.597. The van der Waals surface area contributed by atoms with E-state index in [9.17, 15) is 4.39 Å². The summed E-state index contributed by atoms with van der Waals surface area (Å²) in [5.41, 5.74) is 0.627. The molecule has 0 aliphatic rings. The van der Waals surface area contributed by atoms with Crippen molar-refractivity contribution >= 4 is 21.7 Å². The fourth-order valence-corrected chi connectivity index (χ4v) is 0.824. The van der Waals surface area contributed by atoms with E-state index in [4.69, 9.17) is 5.21 Å². The Balaban J connectivity index is 3.07. The Bertz CT molecular complexity index is 243. The van der Waals surface area contributed by atoms with Crippen LogP contribution in [0.15, 0.2) is 16.7 Å². The maximum atomic E-state index is 12.6. The first kappa shape index (κ1) is 7.59. The van der Waals surface area contributed by atoms with Crippen molar-refractivity contribution in [1.29, 1.82) is 0 Å². The Hall–Kier alpha value is -0.520. The van der Waals surface area contributed by atoms with E-state index in [1.165, 1.54) is 12.3 Å². The first-order chi connectivity index (χ1) is 4.74. The zero-order valence-corrected chi connectivity index (χ0v) is 6.47. The monoisotopic (exact) mass is 207 g/mol. The summed E-state index contributed by atoms with van der Waals surface area (Å²) in [6, 6.07) is 1.23. The number of aromatic nitrogens is 1. The highest BCUT2D eigenvalue weighted by Gasteiger charge is 2.05. The van der Waals surface area contributed by atoms with Crippen molar-refractivity contribution in [3.05, 3.63) is 22.6 Å². The molecule has 0 aromatic carbocycles. The summed E-state index contributed by atoms with van der Waals surface area (Å²) >= 11 is 3.03. The molecule has 1 heterocycles. The highest BCUT2D eigenvalue weighted by Crippen LogP contribution is 2.11. The van der Waals surface area contributed by atoms with Crippen LogP contribution >= 0.6 is 15.9 Å². The van der Waals surface area contributed by atoms with Gasteiger partial charge in [0.1, 0.15) is 0 Å². The third-order valence-corrected chi connectivity index (χ3v) is 1.39. The van der Waals surface area contributed by atoms with Crippen molar-refractivity contribution in [2.24, 2.45) is 0 Å². The van der Waals surface area contributed by atoms with Crippen molar-refractivity contribution < 1.29 is 15.1 Å². The Morgan fingerprint density at radius 1 is 1.70 bits per heavy atom. The number of nitrogens with two attached hydrogens (primary N) is 1.